The van der Waals surface area contributed by atoms with E-state index >= 15 is 0 Å². The summed E-state index contributed by atoms with van der Waals surface area (Å²) in [6.45, 7) is 3.98. The van der Waals surface area contributed by atoms with Gasteiger partial charge in [0.15, 0.2) is 0 Å². The molecule has 0 aliphatic heterocycles. The van der Waals surface area contributed by atoms with E-state index in [2.05, 4.69) is 15.6 Å². The van der Waals surface area contributed by atoms with Gasteiger partial charge in [-0.1, -0.05) is 6.92 Å². The van der Waals surface area contributed by atoms with Crippen molar-refractivity contribution in [2.45, 2.75) is 26.8 Å². The van der Waals surface area contributed by atoms with Crippen LogP contribution in [-0.4, -0.2) is 10.9 Å². The highest BCUT2D eigenvalue weighted by Crippen LogP contribution is 2.21. The number of halogens is 1. The summed E-state index contributed by atoms with van der Waals surface area (Å²) in [5.74, 6) is -0.531. The van der Waals surface area contributed by atoms with E-state index in [0.717, 1.165) is 16.3 Å². The van der Waals surface area contributed by atoms with Gasteiger partial charge in [-0.25, -0.2) is 9.37 Å². The molecule has 0 fully saturated rings. The number of aromatic nitrogens is 1. The van der Waals surface area contributed by atoms with E-state index in [1.54, 1.807) is 23.6 Å². The fourth-order valence-corrected chi connectivity index (χ4v) is 2.52. The van der Waals surface area contributed by atoms with Crippen molar-refractivity contribution in [2.24, 2.45) is 0 Å². The molecule has 0 atom stereocenters. The Bertz CT molecular complexity index is 612. The summed E-state index contributed by atoms with van der Waals surface area (Å²) in [6, 6.07) is 4.44. The minimum absolute atomic E-state index is 0.183. The van der Waals surface area contributed by atoms with Crippen molar-refractivity contribution in [3.05, 3.63) is 40.1 Å². The predicted octanol–water partition coefficient (Wildman–Crippen LogP) is 3.42. The zero-order valence-corrected chi connectivity index (χ0v) is 12.2. The maximum Gasteiger partial charge on any atom is 0.221 e. The second-order valence-corrected chi connectivity index (χ2v) is 5.50. The number of nitrogens with one attached hydrogen (secondary N) is 2. The van der Waals surface area contributed by atoms with Crippen molar-refractivity contribution in [3.8, 4) is 0 Å². The van der Waals surface area contributed by atoms with Crippen molar-refractivity contribution in [2.75, 3.05) is 10.6 Å². The molecule has 0 bridgehead atoms. The lowest BCUT2D eigenvalue weighted by Gasteiger charge is -2.09. The number of hydrogen-bond donors (Lipinski definition) is 2. The number of benzene rings is 1. The number of amides is 1. The first-order chi connectivity index (χ1) is 9.58. The monoisotopic (exact) mass is 293 g/mol. The molecule has 1 aromatic carbocycles. The third-order valence-electron chi connectivity index (χ3n) is 2.64. The molecule has 0 aliphatic carbocycles. The number of anilines is 2. The molecule has 0 saturated heterocycles. The molecule has 0 spiro atoms. The van der Waals surface area contributed by atoms with Crippen molar-refractivity contribution in [3.63, 3.8) is 0 Å². The maximum atomic E-state index is 13.7. The highest BCUT2D eigenvalue weighted by Gasteiger charge is 2.06. The summed E-state index contributed by atoms with van der Waals surface area (Å²) < 4.78 is 13.7. The van der Waals surface area contributed by atoms with Gasteiger partial charge in [-0.2, -0.15) is 0 Å². The van der Waals surface area contributed by atoms with E-state index < -0.39 is 0 Å². The average Bonchev–Trinajstić information content (AvgIpc) is 2.87. The Morgan fingerprint density at radius 3 is 2.90 bits per heavy atom. The molecule has 4 nitrogen and oxygen atoms in total. The molecule has 0 aliphatic rings. The first kappa shape index (κ1) is 14.5. The number of hydrogen-bond acceptors (Lipinski definition) is 4. The highest BCUT2D eigenvalue weighted by atomic mass is 32.1. The zero-order chi connectivity index (χ0) is 14.5. The van der Waals surface area contributed by atoms with Crippen LogP contribution in [0.25, 0.3) is 0 Å². The molecule has 106 valence electrons. The lowest BCUT2D eigenvalue weighted by molar-refractivity contribution is -0.114. The SMILES string of the molecule is CCc1ncc(CNc2cc(NC(C)=O)ccc2F)s1. The Balaban J connectivity index is 2.06. The molecular weight excluding hydrogens is 277 g/mol. The largest absolute Gasteiger partial charge is 0.378 e. The molecule has 0 unspecified atom stereocenters. The number of aryl methyl sites for hydroxylation is 1. The van der Waals surface area contributed by atoms with Crippen LogP contribution >= 0.6 is 11.3 Å². The van der Waals surface area contributed by atoms with Crippen molar-refractivity contribution < 1.29 is 9.18 Å². The average molecular weight is 293 g/mol. The van der Waals surface area contributed by atoms with E-state index in [1.165, 1.54) is 19.1 Å². The molecular formula is C14H16FN3OS. The maximum absolute atomic E-state index is 13.7. The summed E-state index contributed by atoms with van der Waals surface area (Å²) in [5, 5.41) is 6.72. The van der Waals surface area contributed by atoms with Gasteiger partial charge in [0.05, 0.1) is 17.2 Å². The van der Waals surface area contributed by atoms with Gasteiger partial charge in [0.25, 0.3) is 0 Å². The summed E-state index contributed by atoms with van der Waals surface area (Å²) >= 11 is 1.61. The van der Waals surface area contributed by atoms with Crippen LogP contribution < -0.4 is 10.6 Å². The van der Waals surface area contributed by atoms with E-state index in [-0.39, 0.29) is 11.7 Å². The Labute approximate surface area is 121 Å². The quantitative estimate of drug-likeness (QED) is 0.888. The normalized spacial score (nSPS) is 10.3. The third kappa shape index (κ3) is 3.77. The molecule has 0 saturated carbocycles. The topological polar surface area (TPSA) is 54.0 Å². The number of carbonyl (C=O) groups excluding carboxylic acids is 1. The fourth-order valence-electron chi connectivity index (χ4n) is 1.72. The summed E-state index contributed by atoms with van der Waals surface area (Å²) in [5.41, 5.74) is 0.933. The molecule has 1 amide bonds. The van der Waals surface area contributed by atoms with Crippen LogP contribution in [0.2, 0.25) is 0 Å². The van der Waals surface area contributed by atoms with Crippen molar-refractivity contribution >= 4 is 28.6 Å². The van der Waals surface area contributed by atoms with Crippen LogP contribution in [0.3, 0.4) is 0 Å². The van der Waals surface area contributed by atoms with Crippen LogP contribution in [0.15, 0.2) is 24.4 Å². The Kier molecular flexibility index (Phi) is 4.68. The number of carbonyl (C=O) groups is 1. The van der Waals surface area contributed by atoms with E-state index in [9.17, 15) is 9.18 Å². The lowest BCUT2D eigenvalue weighted by Crippen LogP contribution is -2.07. The molecule has 1 aromatic heterocycles. The van der Waals surface area contributed by atoms with Crippen molar-refractivity contribution in [1.29, 1.82) is 0 Å². The molecule has 1 heterocycles. The first-order valence-electron chi connectivity index (χ1n) is 6.33. The van der Waals surface area contributed by atoms with Gasteiger partial charge < -0.3 is 10.6 Å². The Morgan fingerprint density at radius 2 is 2.25 bits per heavy atom. The van der Waals surface area contributed by atoms with Crippen LogP contribution in [0, 0.1) is 5.82 Å². The van der Waals surface area contributed by atoms with Gasteiger partial charge in [0, 0.05) is 23.7 Å². The highest BCUT2D eigenvalue weighted by molar-refractivity contribution is 7.11. The number of nitrogens with zero attached hydrogens (tertiary/aromatic N) is 1. The molecule has 0 radical (unpaired) electrons. The molecule has 2 rings (SSSR count). The second kappa shape index (κ2) is 6.47. The third-order valence-corrected chi connectivity index (χ3v) is 3.79. The van der Waals surface area contributed by atoms with Crippen LogP contribution in [-0.2, 0) is 17.8 Å². The minimum Gasteiger partial charge on any atom is -0.378 e. The molecule has 2 aromatic rings. The standard InChI is InChI=1S/C14H16FN3OS/c1-3-14-17-8-11(20-14)7-16-13-6-10(18-9(2)19)4-5-12(13)15/h4-6,8,16H,3,7H2,1-2H3,(H,18,19). The number of thiazole rings is 1. The summed E-state index contributed by atoms with van der Waals surface area (Å²) in [7, 11) is 0. The summed E-state index contributed by atoms with van der Waals surface area (Å²) in [6.07, 6.45) is 2.70. The fraction of sp³-hybridized carbons (Fsp3) is 0.286. The molecule has 6 heteroatoms. The Morgan fingerprint density at radius 1 is 1.45 bits per heavy atom. The lowest BCUT2D eigenvalue weighted by atomic mass is 10.2. The van der Waals surface area contributed by atoms with Gasteiger partial charge in [-0.15, -0.1) is 11.3 Å². The smallest absolute Gasteiger partial charge is 0.221 e. The van der Waals surface area contributed by atoms with Gasteiger partial charge in [0.1, 0.15) is 5.82 Å². The Hall–Kier alpha value is -1.95. The predicted molar refractivity (Wildman–Crippen MR) is 79.5 cm³/mol. The number of rotatable bonds is 5. The second-order valence-electron chi connectivity index (χ2n) is 4.30. The first-order valence-corrected chi connectivity index (χ1v) is 7.14. The minimum atomic E-state index is -0.348. The van der Waals surface area contributed by atoms with E-state index in [0.29, 0.717) is 17.9 Å². The van der Waals surface area contributed by atoms with Gasteiger partial charge >= 0.3 is 0 Å². The molecule has 2 N–H and O–H groups in total. The van der Waals surface area contributed by atoms with Crippen molar-refractivity contribution in [1.82, 2.24) is 4.98 Å². The van der Waals surface area contributed by atoms with Crippen LogP contribution in [0.4, 0.5) is 15.8 Å². The summed E-state index contributed by atoms with van der Waals surface area (Å²) in [4.78, 5) is 16.3. The van der Waals surface area contributed by atoms with E-state index in [1.807, 2.05) is 6.92 Å². The van der Waals surface area contributed by atoms with Gasteiger partial charge in [-0.05, 0) is 24.6 Å². The van der Waals surface area contributed by atoms with Gasteiger partial charge in [0.2, 0.25) is 5.91 Å². The zero-order valence-electron chi connectivity index (χ0n) is 11.4. The van der Waals surface area contributed by atoms with Gasteiger partial charge in [-0.3, -0.25) is 4.79 Å². The van der Waals surface area contributed by atoms with Crippen LogP contribution in [0.5, 0.6) is 0 Å². The molecule has 20 heavy (non-hydrogen) atoms. The van der Waals surface area contributed by atoms with Crippen LogP contribution in [0.1, 0.15) is 23.7 Å². The van der Waals surface area contributed by atoms with E-state index in [4.69, 9.17) is 0 Å².